The molecule has 3 aromatic rings. The third-order valence-corrected chi connectivity index (χ3v) is 2.83. The fraction of sp³-hybridized carbons (Fsp3) is 0.0625. The van der Waals surface area contributed by atoms with E-state index in [1.54, 1.807) is 18.5 Å². The van der Waals surface area contributed by atoms with Crippen LogP contribution in [0.3, 0.4) is 0 Å². The SMILES string of the molecule is C=CCOc1nc(-c2cccnc2)nc2ccccc12. The average molecular weight is 263 g/mol. The van der Waals surface area contributed by atoms with Gasteiger partial charge >= 0.3 is 0 Å². The van der Waals surface area contributed by atoms with E-state index in [0.717, 1.165) is 16.5 Å². The highest BCUT2D eigenvalue weighted by atomic mass is 16.5. The van der Waals surface area contributed by atoms with E-state index < -0.39 is 0 Å². The van der Waals surface area contributed by atoms with Gasteiger partial charge in [0, 0.05) is 18.0 Å². The van der Waals surface area contributed by atoms with Crippen molar-refractivity contribution in [2.75, 3.05) is 6.61 Å². The summed E-state index contributed by atoms with van der Waals surface area (Å²) in [5, 5.41) is 0.891. The Hall–Kier alpha value is -2.75. The van der Waals surface area contributed by atoms with Crippen molar-refractivity contribution in [1.82, 2.24) is 15.0 Å². The van der Waals surface area contributed by atoms with E-state index in [2.05, 4.69) is 21.5 Å². The molecule has 0 radical (unpaired) electrons. The lowest BCUT2D eigenvalue weighted by molar-refractivity contribution is 0.353. The number of nitrogens with zero attached hydrogens (tertiary/aromatic N) is 3. The third-order valence-electron chi connectivity index (χ3n) is 2.83. The molecule has 1 aromatic carbocycles. The summed E-state index contributed by atoms with van der Waals surface area (Å²) in [6.07, 6.45) is 5.15. The molecule has 0 aliphatic heterocycles. The number of hydrogen-bond acceptors (Lipinski definition) is 4. The molecule has 2 heterocycles. The highest BCUT2D eigenvalue weighted by molar-refractivity contribution is 5.85. The molecule has 0 bridgehead atoms. The molecule has 4 nitrogen and oxygen atoms in total. The molecule has 4 heteroatoms. The summed E-state index contributed by atoms with van der Waals surface area (Å²) in [6.45, 7) is 4.07. The van der Waals surface area contributed by atoms with Crippen LogP contribution in [0.4, 0.5) is 0 Å². The minimum atomic E-state index is 0.410. The number of hydrogen-bond donors (Lipinski definition) is 0. The summed E-state index contributed by atoms with van der Waals surface area (Å²) < 4.78 is 5.64. The predicted octanol–water partition coefficient (Wildman–Crippen LogP) is 3.26. The van der Waals surface area contributed by atoms with Gasteiger partial charge in [-0.1, -0.05) is 24.8 Å². The summed E-state index contributed by atoms with van der Waals surface area (Å²) >= 11 is 0. The Morgan fingerprint density at radius 1 is 1.10 bits per heavy atom. The van der Waals surface area contributed by atoms with Crippen molar-refractivity contribution in [3.8, 4) is 17.3 Å². The highest BCUT2D eigenvalue weighted by Gasteiger charge is 2.09. The maximum Gasteiger partial charge on any atom is 0.225 e. The summed E-state index contributed by atoms with van der Waals surface area (Å²) in [6, 6.07) is 11.6. The van der Waals surface area contributed by atoms with Crippen LogP contribution >= 0.6 is 0 Å². The van der Waals surface area contributed by atoms with Gasteiger partial charge in [0.2, 0.25) is 5.88 Å². The van der Waals surface area contributed by atoms with E-state index >= 15 is 0 Å². The fourth-order valence-electron chi connectivity index (χ4n) is 1.92. The second-order valence-corrected chi connectivity index (χ2v) is 4.21. The first-order chi connectivity index (χ1) is 9.88. The number of fused-ring (bicyclic) bond motifs is 1. The van der Waals surface area contributed by atoms with Crippen molar-refractivity contribution in [1.29, 1.82) is 0 Å². The molecule has 20 heavy (non-hydrogen) atoms. The maximum absolute atomic E-state index is 5.64. The van der Waals surface area contributed by atoms with Crippen LogP contribution in [0.15, 0.2) is 61.4 Å². The topological polar surface area (TPSA) is 47.9 Å². The quantitative estimate of drug-likeness (QED) is 0.678. The van der Waals surface area contributed by atoms with Gasteiger partial charge in [-0.3, -0.25) is 4.98 Å². The van der Waals surface area contributed by atoms with Gasteiger partial charge in [0.05, 0.1) is 10.9 Å². The molecule has 0 atom stereocenters. The van der Waals surface area contributed by atoms with Gasteiger partial charge in [-0.05, 0) is 24.3 Å². The Morgan fingerprint density at radius 2 is 2.00 bits per heavy atom. The lowest BCUT2D eigenvalue weighted by Gasteiger charge is -2.08. The summed E-state index contributed by atoms with van der Waals surface area (Å²) in [5.74, 6) is 1.17. The van der Waals surface area contributed by atoms with Crippen LogP contribution in [0.5, 0.6) is 5.88 Å². The van der Waals surface area contributed by atoms with E-state index in [1.807, 2.05) is 36.4 Å². The molecule has 0 amide bonds. The van der Waals surface area contributed by atoms with Crippen LogP contribution in [-0.2, 0) is 0 Å². The summed E-state index contributed by atoms with van der Waals surface area (Å²) in [7, 11) is 0. The summed E-state index contributed by atoms with van der Waals surface area (Å²) in [5.41, 5.74) is 1.71. The number of pyridine rings is 1. The van der Waals surface area contributed by atoms with Crippen molar-refractivity contribution in [2.24, 2.45) is 0 Å². The molecule has 0 unspecified atom stereocenters. The van der Waals surface area contributed by atoms with Crippen molar-refractivity contribution in [3.05, 3.63) is 61.4 Å². The molecule has 98 valence electrons. The van der Waals surface area contributed by atoms with Crippen LogP contribution in [0.2, 0.25) is 0 Å². The van der Waals surface area contributed by atoms with Crippen molar-refractivity contribution in [2.45, 2.75) is 0 Å². The first-order valence-electron chi connectivity index (χ1n) is 6.29. The van der Waals surface area contributed by atoms with E-state index in [9.17, 15) is 0 Å². The number of rotatable bonds is 4. The third kappa shape index (κ3) is 2.36. The monoisotopic (exact) mass is 263 g/mol. The zero-order valence-corrected chi connectivity index (χ0v) is 10.9. The van der Waals surface area contributed by atoms with Gasteiger partial charge in [0.1, 0.15) is 6.61 Å². The predicted molar refractivity (Wildman–Crippen MR) is 78.5 cm³/mol. The first kappa shape index (κ1) is 12.3. The molecule has 2 aromatic heterocycles. The second kappa shape index (κ2) is 5.48. The highest BCUT2D eigenvalue weighted by Crippen LogP contribution is 2.25. The Balaban J connectivity index is 2.17. The standard InChI is InChI=1S/C16H13N3O/c1-2-10-20-16-13-7-3-4-8-14(13)18-15(19-16)12-6-5-9-17-11-12/h2-9,11H,1,10H2. The Kier molecular flexibility index (Phi) is 3.37. The zero-order valence-electron chi connectivity index (χ0n) is 10.9. The average Bonchev–Trinajstić information content (AvgIpc) is 2.53. The minimum absolute atomic E-state index is 0.410. The number of aromatic nitrogens is 3. The molecule has 0 aliphatic carbocycles. The molecule has 0 fully saturated rings. The second-order valence-electron chi connectivity index (χ2n) is 4.21. The number of benzene rings is 1. The van der Waals surface area contributed by atoms with Gasteiger partial charge in [0.15, 0.2) is 5.82 Å². The van der Waals surface area contributed by atoms with Gasteiger partial charge in [0.25, 0.3) is 0 Å². The lowest BCUT2D eigenvalue weighted by Crippen LogP contribution is -2.00. The first-order valence-corrected chi connectivity index (χ1v) is 6.29. The van der Waals surface area contributed by atoms with Gasteiger partial charge < -0.3 is 4.74 Å². The molecule has 0 saturated heterocycles. The lowest BCUT2D eigenvalue weighted by atomic mass is 10.2. The molecular weight excluding hydrogens is 250 g/mol. The van der Waals surface area contributed by atoms with Crippen molar-refractivity contribution < 1.29 is 4.74 Å². The maximum atomic E-state index is 5.64. The molecule has 0 saturated carbocycles. The van der Waals surface area contributed by atoms with Crippen LogP contribution in [0, 0.1) is 0 Å². The van der Waals surface area contributed by atoms with E-state index in [-0.39, 0.29) is 0 Å². The van der Waals surface area contributed by atoms with Crippen LogP contribution in [-0.4, -0.2) is 21.6 Å². The molecule has 0 aliphatic rings. The Morgan fingerprint density at radius 3 is 2.80 bits per heavy atom. The van der Waals surface area contributed by atoms with E-state index in [1.165, 1.54) is 0 Å². The van der Waals surface area contributed by atoms with Crippen LogP contribution < -0.4 is 4.74 Å². The van der Waals surface area contributed by atoms with Gasteiger partial charge in [-0.15, -0.1) is 0 Å². The van der Waals surface area contributed by atoms with Crippen molar-refractivity contribution >= 4 is 10.9 Å². The molecule has 0 N–H and O–H groups in total. The largest absolute Gasteiger partial charge is 0.473 e. The van der Waals surface area contributed by atoms with E-state index in [0.29, 0.717) is 18.3 Å². The Labute approximate surface area is 116 Å². The summed E-state index contributed by atoms with van der Waals surface area (Å²) in [4.78, 5) is 13.1. The van der Waals surface area contributed by atoms with Crippen LogP contribution in [0.1, 0.15) is 0 Å². The molecule has 3 rings (SSSR count). The Bertz CT molecular complexity index is 741. The normalized spacial score (nSPS) is 10.4. The number of ether oxygens (including phenoxy) is 1. The molecular formula is C16H13N3O. The van der Waals surface area contributed by atoms with E-state index in [4.69, 9.17) is 4.74 Å². The smallest absolute Gasteiger partial charge is 0.225 e. The van der Waals surface area contributed by atoms with Gasteiger partial charge in [-0.25, -0.2) is 4.98 Å². The zero-order chi connectivity index (χ0) is 13.8. The fourth-order valence-corrected chi connectivity index (χ4v) is 1.92. The molecule has 0 spiro atoms. The number of para-hydroxylation sites is 1. The van der Waals surface area contributed by atoms with Crippen LogP contribution in [0.25, 0.3) is 22.3 Å². The minimum Gasteiger partial charge on any atom is -0.473 e. The van der Waals surface area contributed by atoms with Crippen molar-refractivity contribution in [3.63, 3.8) is 0 Å². The van der Waals surface area contributed by atoms with Gasteiger partial charge in [-0.2, -0.15) is 4.98 Å².